The van der Waals surface area contributed by atoms with Gasteiger partial charge in [-0.1, -0.05) is 6.07 Å². The van der Waals surface area contributed by atoms with Gasteiger partial charge in [0.05, 0.1) is 11.0 Å². The largest absolute Gasteiger partial charge is 0.368 e. The summed E-state index contributed by atoms with van der Waals surface area (Å²) in [6, 6.07) is 2.41. The summed E-state index contributed by atoms with van der Waals surface area (Å²) in [6.45, 7) is 0. The van der Waals surface area contributed by atoms with Crippen molar-refractivity contribution in [3.8, 4) is 0 Å². The van der Waals surface area contributed by atoms with Gasteiger partial charge in [-0.15, -0.1) is 0 Å². The molecule has 0 aliphatic carbocycles. The van der Waals surface area contributed by atoms with E-state index >= 15 is 0 Å². The van der Waals surface area contributed by atoms with E-state index in [1.165, 1.54) is 6.07 Å². The van der Waals surface area contributed by atoms with Crippen LogP contribution in [0.4, 0.5) is 10.1 Å². The van der Waals surface area contributed by atoms with Crippen LogP contribution in [0.3, 0.4) is 0 Å². The van der Waals surface area contributed by atoms with Gasteiger partial charge in [-0.3, -0.25) is 14.9 Å². The molecule has 86 valence electrons. The molecule has 4 N–H and O–H groups in total. The van der Waals surface area contributed by atoms with Crippen LogP contribution in [0.1, 0.15) is 5.56 Å². The van der Waals surface area contributed by atoms with Crippen molar-refractivity contribution < 1.29 is 14.1 Å². The Morgan fingerprint density at radius 3 is 2.62 bits per heavy atom. The third kappa shape index (κ3) is 2.74. The lowest BCUT2D eigenvalue weighted by atomic mass is 10.1. The minimum absolute atomic E-state index is 0.0459. The van der Waals surface area contributed by atoms with Gasteiger partial charge in [0.15, 0.2) is 0 Å². The Kier molecular flexibility index (Phi) is 3.51. The maximum Gasteiger partial charge on any atom is 0.304 e. The summed E-state index contributed by atoms with van der Waals surface area (Å²) in [5, 5.41) is 10.3. The van der Waals surface area contributed by atoms with Gasteiger partial charge < -0.3 is 11.5 Å². The Balaban J connectivity index is 2.89. The fraction of sp³-hybridized carbons (Fsp3) is 0.222. The van der Waals surface area contributed by atoms with Gasteiger partial charge in [-0.2, -0.15) is 4.39 Å². The molecule has 16 heavy (non-hydrogen) atoms. The van der Waals surface area contributed by atoms with Crippen molar-refractivity contribution in [2.24, 2.45) is 11.5 Å². The molecule has 0 aliphatic heterocycles. The standard InChI is InChI=1S/C9H10FN3O3/c10-6-3-5(4-7(11)9(12)14)1-2-8(6)13(15)16/h1-3,7H,4,11H2,(H2,12,14). The molecule has 0 fully saturated rings. The van der Waals surface area contributed by atoms with E-state index in [9.17, 15) is 19.3 Å². The van der Waals surface area contributed by atoms with Crippen LogP contribution in [0.2, 0.25) is 0 Å². The molecular formula is C9H10FN3O3. The molecule has 0 radical (unpaired) electrons. The lowest BCUT2D eigenvalue weighted by molar-refractivity contribution is -0.387. The average Bonchev–Trinajstić information content (AvgIpc) is 2.16. The smallest absolute Gasteiger partial charge is 0.304 e. The minimum Gasteiger partial charge on any atom is -0.368 e. The van der Waals surface area contributed by atoms with E-state index in [0.29, 0.717) is 5.56 Å². The molecule has 0 saturated carbocycles. The van der Waals surface area contributed by atoms with Crippen molar-refractivity contribution in [1.82, 2.24) is 0 Å². The Morgan fingerprint density at radius 1 is 1.56 bits per heavy atom. The Labute approximate surface area is 90.2 Å². The first kappa shape index (κ1) is 12.1. The number of amides is 1. The summed E-state index contributed by atoms with van der Waals surface area (Å²) in [7, 11) is 0. The number of nitrogens with two attached hydrogens (primary N) is 2. The molecule has 1 atom stereocenters. The predicted octanol–water partition coefficient (Wildman–Crippen LogP) is 0.0890. The molecule has 6 nitrogen and oxygen atoms in total. The van der Waals surface area contributed by atoms with Crippen LogP contribution < -0.4 is 11.5 Å². The molecule has 1 unspecified atom stereocenters. The number of halogens is 1. The number of nitro groups is 1. The normalized spacial score (nSPS) is 12.1. The molecule has 7 heteroatoms. The van der Waals surface area contributed by atoms with Gasteiger partial charge in [0, 0.05) is 6.07 Å². The lowest BCUT2D eigenvalue weighted by Gasteiger charge is -2.07. The second-order valence-corrected chi connectivity index (χ2v) is 3.26. The zero-order chi connectivity index (χ0) is 12.3. The van der Waals surface area contributed by atoms with Crippen LogP contribution in [-0.2, 0) is 11.2 Å². The average molecular weight is 227 g/mol. The maximum absolute atomic E-state index is 13.2. The highest BCUT2D eigenvalue weighted by atomic mass is 19.1. The topological polar surface area (TPSA) is 112 Å². The fourth-order valence-electron chi connectivity index (χ4n) is 1.18. The van der Waals surface area contributed by atoms with Crippen LogP contribution in [0.15, 0.2) is 18.2 Å². The number of hydrogen-bond donors (Lipinski definition) is 2. The summed E-state index contributed by atoms with van der Waals surface area (Å²) >= 11 is 0. The van der Waals surface area contributed by atoms with Gasteiger partial charge in [0.25, 0.3) is 0 Å². The molecule has 1 rings (SSSR count). The molecule has 0 spiro atoms. The number of nitro benzene ring substituents is 1. The van der Waals surface area contributed by atoms with E-state index in [2.05, 4.69) is 0 Å². The zero-order valence-corrected chi connectivity index (χ0v) is 8.22. The van der Waals surface area contributed by atoms with Crippen molar-refractivity contribution in [2.45, 2.75) is 12.5 Å². The number of carbonyl (C=O) groups is 1. The van der Waals surface area contributed by atoms with Gasteiger partial charge >= 0.3 is 5.69 Å². The minimum atomic E-state index is -0.959. The second-order valence-electron chi connectivity index (χ2n) is 3.26. The number of carbonyl (C=O) groups excluding carboxylic acids is 1. The van der Waals surface area contributed by atoms with E-state index in [1.807, 2.05) is 0 Å². The van der Waals surface area contributed by atoms with Crippen molar-refractivity contribution in [2.75, 3.05) is 0 Å². The van der Waals surface area contributed by atoms with E-state index in [1.54, 1.807) is 0 Å². The number of nitrogens with zero attached hydrogens (tertiary/aromatic N) is 1. The second kappa shape index (κ2) is 4.67. The SMILES string of the molecule is NC(=O)C(N)Cc1ccc([N+](=O)[O-])c(F)c1. The Morgan fingerprint density at radius 2 is 2.19 bits per heavy atom. The highest BCUT2D eigenvalue weighted by Gasteiger charge is 2.16. The van der Waals surface area contributed by atoms with Gasteiger partial charge in [0.1, 0.15) is 0 Å². The van der Waals surface area contributed by atoms with Crippen molar-refractivity contribution in [1.29, 1.82) is 0 Å². The predicted molar refractivity (Wildman–Crippen MR) is 53.9 cm³/mol. The van der Waals surface area contributed by atoms with E-state index in [4.69, 9.17) is 11.5 Å². The molecule has 0 aromatic heterocycles. The third-order valence-electron chi connectivity index (χ3n) is 2.03. The van der Waals surface area contributed by atoms with Gasteiger partial charge in [-0.25, -0.2) is 0 Å². The highest BCUT2D eigenvalue weighted by molar-refractivity contribution is 5.79. The van der Waals surface area contributed by atoms with Crippen LogP contribution in [0.25, 0.3) is 0 Å². The summed E-state index contributed by atoms with van der Waals surface area (Å²) in [5.74, 6) is -1.67. The Bertz CT molecular complexity index is 436. The number of rotatable bonds is 4. The first-order valence-electron chi connectivity index (χ1n) is 4.39. The number of primary amides is 1. The first-order chi connectivity index (χ1) is 7.41. The maximum atomic E-state index is 13.2. The zero-order valence-electron chi connectivity index (χ0n) is 8.22. The van der Waals surface area contributed by atoms with Gasteiger partial charge in [-0.05, 0) is 18.1 Å². The highest BCUT2D eigenvalue weighted by Crippen LogP contribution is 2.18. The van der Waals surface area contributed by atoms with Crippen molar-refractivity contribution in [3.05, 3.63) is 39.7 Å². The fourth-order valence-corrected chi connectivity index (χ4v) is 1.18. The van der Waals surface area contributed by atoms with Crippen LogP contribution >= 0.6 is 0 Å². The number of benzene rings is 1. The molecule has 1 aromatic carbocycles. The molecule has 1 amide bonds. The molecular weight excluding hydrogens is 217 g/mol. The lowest BCUT2D eigenvalue weighted by Crippen LogP contribution is -2.38. The van der Waals surface area contributed by atoms with Crippen LogP contribution in [-0.4, -0.2) is 16.9 Å². The van der Waals surface area contributed by atoms with Crippen LogP contribution in [0, 0.1) is 15.9 Å². The van der Waals surface area contributed by atoms with Crippen molar-refractivity contribution >= 4 is 11.6 Å². The number of hydrogen-bond acceptors (Lipinski definition) is 4. The summed E-state index contributed by atoms with van der Waals surface area (Å²) in [6.07, 6.45) is 0.0459. The van der Waals surface area contributed by atoms with E-state index in [0.717, 1.165) is 12.1 Å². The molecule has 1 aromatic rings. The monoisotopic (exact) mass is 227 g/mol. The summed E-state index contributed by atoms with van der Waals surface area (Å²) in [4.78, 5) is 20.2. The quantitative estimate of drug-likeness (QED) is 0.560. The third-order valence-corrected chi connectivity index (χ3v) is 2.03. The van der Waals surface area contributed by atoms with Crippen LogP contribution in [0.5, 0.6) is 0 Å². The first-order valence-corrected chi connectivity index (χ1v) is 4.39. The molecule has 0 saturated heterocycles. The van der Waals surface area contributed by atoms with E-state index in [-0.39, 0.29) is 6.42 Å². The Hall–Kier alpha value is -2.02. The summed E-state index contributed by atoms with van der Waals surface area (Å²) < 4.78 is 13.2. The van der Waals surface area contributed by atoms with Gasteiger partial charge in [0.2, 0.25) is 11.7 Å². The summed E-state index contributed by atoms with van der Waals surface area (Å²) in [5.41, 5.74) is 10.1. The molecule has 0 bridgehead atoms. The van der Waals surface area contributed by atoms with E-state index < -0.39 is 28.4 Å². The molecule has 0 heterocycles. The molecule has 0 aliphatic rings. The van der Waals surface area contributed by atoms with Crippen molar-refractivity contribution in [3.63, 3.8) is 0 Å².